The van der Waals surface area contributed by atoms with Gasteiger partial charge in [0.2, 0.25) is 5.91 Å². The minimum Gasteiger partial charge on any atom is -0.493 e. The first-order chi connectivity index (χ1) is 16.1. The van der Waals surface area contributed by atoms with Gasteiger partial charge in [-0.1, -0.05) is 6.07 Å². The number of carbonyl (C=O) groups excluding carboxylic acids is 1. The third-order valence-corrected chi connectivity index (χ3v) is 6.22. The number of fused-ring (bicyclic) bond motifs is 2. The Hall–Kier alpha value is -3.32. The molecule has 1 aromatic carbocycles. The average molecular weight is 447 g/mol. The Morgan fingerprint density at radius 2 is 2.09 bits per heavy atom. The Kier molecular flexibility index (Phi) is 6.05. The van der Waals surface area contributed by atoms with Gasteiger partial charge in [0.05, 0.1) is 12.3 Å². The molecule has 0 saturated carbocycles. The first-order valence-corrected chi connectivity index (χ1v) is 11.7. The molecular weight excluding hydrogens is 416 g/mol. The van der Waals surface area contributed by atoms with Crippen molar-refractivity contribution in [2.75, 3.05) is 32.8 Å². The molecule has 1 unspecified atom stereocenters. The van der Waals surface area contributed by atoms with Gasteiger partial charge in [0.1, 0.15) is 23.3 Å². The highest BCUT2D eigenvalue weighted by molar-refractivity contribution is 5.92. The van der Waals surface area contributed by atoms with Crippen molar-refractivity contribution in [3.05, 3.63) is 65.6 Å². The number of ether oxygens (including phenoxy) is 2. The van der Waals surface area contributed by atoms with Crippen molar-refractivity contribution in [2.45, 2.75) is 32.9 Å². The lowest BCUT2D eigenvalue weighted by molar-refractivity contribution is -0.127. The van der Waals surface area contributed by atoms with Crippen molar-refractivity contribution >= 4 is 17.6 Å². The Balaban J connectivity index is 1.19. The van der Waals surface area contributed by atoms with E-state index in [1.165, 1.54) is 0 Å². The summed E-state index contributed by atoms with van der Waals surface area (Å²) in [7, 11) is 0. The molecule has 7 heteroatoms. The van der Waals surface area contributed by atoms with Gasteiger partial charge in [0, 0.05) is 68.7 Å². The SMILES string of the molecule is CCOc1cc2c(cc1/C=C/C(=O)N1CCN(Cc3cn4ccccc4n3)CC1)OC(C)C2. The topological polar surface area (TPSA) is 59.3 Å². The number of nitrogens with zero attached hydrogens (tertiary/aromatic N) is 4. The van der Waals surface area contributed by atoms with Gasteiger partial charge in [0.25, 0.3) is 0 Å². The molecule has 1 fully saturated rings. The second kappa shape index (κ2) is 9.27. The summed E-state index contributed by atoms with van der Waals surface area (Å²) in [6.07, 6.45) is 8.65. The van der Waals surface area contributed by atoms with Crippen molar-refractivity contribution in [3.63, 3.8) is 0 Å². The normalized spacial score (nSPS) is 18.6. The highest BCUT2D eigenvalue weighted by Crippen LogP contribution is 2.35. The molecule has 7 nitrogen and oxygen atoms in total. The lowest BCUT2D eigenvalue weighted by Crippen LogP contribution is -2.47. The summed E-state index contributed by atoms with van der Waals surface area (Å²) in [5.41, 5.74) is 4.06. The number of benzene rings is 1. The van der Waals surface area contributed by atoms with Crippen LogP contribution in [0, 0.1) is 0 Å². The Morgan fingerprint density at radius 1 is 1.24 bits per heavy atom. The van der Waals surface area contributed by atoms with E-state index in [1.807, 2.05) is 58.8 Å². The molecule has 33 heavy (non-hydrogen) atoms. The summed E-state index contributed by atoms with van der Waals surface area (Å²) in [5, 5.41) is 0. The number of hydrogen-bond donors (Lipinski definition) is 0. The molecule has 1 amide bonds. The van der Waals surface area contributed by atoms with Gasteiger partial charge >= 0.3 is 0 Å². The second-order valence-electron chi connectivity index (χ2n) is 8.70. The van der Waals surface area contributed by atoms with Gasteiger partial charge in [-0.3, -0.25) is 9.69 Å². The average Bonchev–Trinajstić information content (AvgIpc) is 3.39. The monoisotopic (exact) mass is 446 g/mol. The largest absolute Gasteiger partial charge is 0.493 e. The lowest BCUT2D eigenvalue weighted by Gasteiger charge is -2.33. The number of carbonyl (C=O) groups is 1. The van der Waals surface area contributed by atoms with E-state index >= 15 is 0 Å². The Bertz CT molecular complexity index is 1140. The number of pyridine rings is 1. The van der Waals surface area contributed by atoms with E-state index in [2.05, 4.69) is 23.0 Å². The molecule has 2 aliphatic rings. The lowest BCUT2D eigenvalue weighted by atomic mass is 10.1. The highest BCUT2D eigenvalue weighted by atomic mass is 16.5. The molecule has 2 aliphatic heterocycles. The van der Waals surface area contributed by atoms with Crippen molar-refractivity contribution in [2.24, 2.45) is 0 Å². The summed E-state index contributed by atoms with van der Waals surface area (Å²) < 4.78 is 13.8. The van der Waals surface area contributed by atoms with Crippen LogP contribution in [0.5, 0.6) is 11.5 Å². The molecule has 1 atom stereocenters. The smallest absolute Gasteiger partial charge is 0.246 e. The number of rotatable bonds is 6. The Morgan fingerprint density at radius 3 is 2.88 bits per heavy atom. The number of imidazole rings is 1. The molecule has 0 spiro atoms. The van der Waals surface area contributed by atoms with E-state index in [0.717, 1.165) is 60.0 Å². The second-order valence-corrected chi connectivity index (χ2v) is 8.70. The molecule has 5 rings (SSSR count). The number of amides is 1. The number of hydrogen-bond acceptors (Lipinski definition) is 5. The van der Waals surface area contributed by atoms with Crippen molar-refractivity contribution in [1.82, 2.24) is 19.2 Å². The zero-order valence-electron chi connectivity index (χ0n) is 19.2. The van der Waals surface area contributed by atoms with Crippen molar-refractivity contribution in [3.8, 4) is 11.5 Å². The minimum absolute atomic E-state index is 0.0274. The van der Waals surface area contributed by atoms with Gasteiger partial charge in [-0.15, -0.1) is 0 Å². The molecule has 0 radical (unpaired) electrons. The molecular formula is C26H30N4O3. The van der Waals surface area contributed by atoms with E-state index in [1.54, 1.807) is 6.08 Å². The summed E-state index contributed by atoms with van der Waals surface area (Å²) >= 11 is 0. The minimum atomic E-state index is 0.0274. The van der Waals surface area contributed by atoms with E-state index in [-0.39, 0.29) is 12.0 Å². The summed E-state index contributed by atoms with van der Waals surface area (Å²) in [6, 6.07) is 10.0. The summed E-state index contributed by atoms with van der Waals surface area (Å²) in [5.74, 6) is 1.72. The van der Waals surface area contributed by atoms with Crippen LogP contribution < -0.4 is 9.47 Å². The van der Waals surface area contributed by atoms with E-state index in [0.29, 0.717) is 19.7 Å². The fraction of sp³-hybridized carbons (Fsp3) is 0.385. The standard InChI is InChI=1S/C26H30N4O3/c1-3-32-23-16-21-14-19(2)33-24(21)15-20(23)7-8-26(31)29-12-10-28(11-13-29)17-22-18-30-9-5-4-6-25(30)27-22/h4-9,15-16,18-19H,3,10-14,17H2,1-2H3/b8-7+. The first-order valence-electron chi connectivity index (χ1n) is 11.7. The van der Waals surface area contributed by atoms with Crippen LogP contribution in [0.15, 0.2) is 48.8 Å². The number of piperazine rings is 1. The van der Waals surface area contributed by atoms with Crippen LogP contribution in [0.25, 0.3) is 11.7 Å². The molecule has 172 valence electrons. The molecule has 0 aliphatic carbocycles. The van der Waals surface area contributed by atoms with Crippen LogP contribution in [0.3, 0.4) is 0 Å². The van der Waals surface area contributed by atoms with Gasteiger partial charge < -0.3 is 18.8 Å². The third-order valence-electron chi connectivity index (χ3n) is 6.22. The van der Waals surface area contributed by atoms with Crippen LogP contribution in [-0.2, 0) is 17.8 Å². The summed E-state index contributed by atoms with van der Waals surface area (Å²) in [6.45, 7) is 8.50. The number of aromatic nitrogens is 2. The maximum atomic E-state index is 12.8. The molecule has 3 aromatic rings. The zero-order valence-corrected chi connectivity index (χ0v) is 19.2. The van der Waals surface area contributed by atoms with Crippen LogP contribution in [0.1, 0.15) is 30.7 Å². The van der Waals surface area contributed by atoms with Crippen LogP contribution in [-0.4, -0.2) is 64.0 Å². The van der Waals surface area contributed by atoms with Crippen LogP contribution >= 0.6 is 0 Å². The Labute approximate surface area is 194 Å². The van der Waals surface area contributed by atoms with Gasteiger partial charge in [0.15, 0.2) is 0 Å². The quantitative estimate of drug-likeness (QED) is 0.543. The van der Waals surface area contributed by atoms with E-state index < -0.39 is 0 Å². The fourth-order valence-electron chi connectivity index (χ4n) is 4.55. The molecule has 4 heterocycles. The van der Waals surface area contributed by atoms with Crippen molar-refractivity contribution in [1.29, 1.82) is 0 Å². The maximum absolute atomic E-state index is 12.8. The predicted molar refractivity (Wildman–Crippen MR) is 127 cm³/mol. The predicted octanol–water partition coefficient (Wildman–Crippen LogP) is 3.41. The molecule has 1 saturated heterocycles. The molecule has 2 aromatic heterocycles. The van der Waals surface area contributed by atoms with Gasteiger partial charge in [-0.05, 0) is 44.2 Å². The van der Waals surface area contributed by atoms with Gasteiger partial charge in [-0.25, -0.2) is 4.98 Å². The summed E-state index contributed by atoms with van der Waals surface area (Å²) in [4.78, 5) is 21.8. The highest BCUT2D eigenvalue weighted by Gasteiger charge is 2.23. The van der Waals surface area contributed by atoms with E-state index in [9.17, 15) is 4.79 Å². The zero-order chi connectivity index (χ0) is 22.8. The molecule has 0 bridgehead atoms. The van der Waals surface area contributed by atoms with Crippen LogP contribution in [0.4, 0.5) is 0 Å². The third kappa shape index (κ3) is 4.73. The van der Waals surface area contributed by atoms with Crippen molar-refractivity contribution < 1.29 is 14.3 Å². The first kappa shape index (κ1) is 21.5. The van der Waals surface area contributed by atoms with Gasteiger partial charge in [-0.2, -0.15) is 0 Å². The molecule has 0 N–H and O–H groups in total. The maximum Gasteiger partial charge on any atom is 0.246 e. The van der Waals surface area contributed by atoms with E-state index in [4.69, 9.17) is 9.47 Å². The fourth-order valence-corrected chi connectivity index (χ4v) is 4.55. The van der Waals surface area contributed by atoms with Crippen LogP contribution in [0.2, 0.25) is 0 Å².